The van der Waals surface area contributed by atoms with Crippen LogP contribution in [-0.2, 0) is 5.54 Å². The second kappa shape index (κ2) is 6.57. The van der Waals surface area contributed by atoms with E-state index >= 15 is 0 Å². The van der Waals surface area contributed by atoms with Gasteiger partial charge in [0.15, 0.2) is 0 Å². The summed E-state index contributed by atoms with van der Waals surface area (Å²) < 4.78 is 0. The molecular formula is C24H20N4. The Morgan fingerprint density at radius 3 is 2.61 bits per heavy atom. The van der Waals surface area contributed by atoms with Crippen LogP contribution in [0.3, 0.4) is 0 Å². The molecule has 0 amide bonds. The number of aliphatic imine (C=N–C) groups is 1. The Balaban J connectivity index is 1.78. The molecule has 1 N–H and O–H groups in total. The number of fused-ring (bicyclic) bond motifs is 3. The van der Waals surface area contributed by atoms with Crippen molar-refractivity contribution in [3.05, 3.63) is 95.6 Å². The largest absolute Gasteiger partial charge is 0.369 e. The number of nitrogens with one attached hydrogen (secondary N) is 1. The predicted molar refractivity (Wildman–Crippen MR) is 115 cm³/mol. The molecule has 3 aromatic rings. The molecule has 4 nitrogen and oxygen atoms in total. The Kier molecular flexibility index (Phi) is 3.90. The van der Waals surface area contributed by atoms with E-state index in [4.69, 9.17) is 4.99 Å². The second-order valence-corrected chi connectivity index (χ2v) is 7.19. The fourth-order valence-electron chi connectivity index (χ4n) is 3.84. The first-order valence-electron chi connectivity index (χ1n) is 9.45. The van der Waals surface area contributed by atoms with Crippen LogP contribution >= 0.6 is 0 Å². The van der Waals surface area contributed by atoms with E-state index in [0.29, 0.717) is 0 Å². The highest BCUT2D eigenvalue weighted by atomic mass is 15.0. The summed E-state index contributed by atoms with van der Waals surface area (Å²) in [5.74, 6) is 0. The van der Waals surface area contributed by atoms with Crippen LogP contribution in [-0.4, -0.2) is 16.2 Å². The van der Waals surface area contributed by atoms with E-state index in [1.54, 1.807) is 0 Å². The Morgan fingerprint density at radius 1 is 0.964 bits per heavy atom. The number of nitrogens with zero attached hydrogens (tertiary/aromatic N) is 3. The van der Waals surface area contributed by atoms with E-state index in [2.05, 4.69) is 64.7 Å². The van der Waals surface area contributed by atoms with Gasteiger partial charge in [-0.1, -0.05) is 36.4 Å². The van der Waals surface area contributed by atoms with E-state index in [-0.39, 0.29) is 0 Å². The van der Waals surface area contributed by atoms with Crippen LogP contribution in [0, 0.1) is 0 Å². The number of hydrogen-bond donors (Lipinski definition) is 1. The van der Waals surface area contributed by atoms with Gasteiger partial charge in [-0.25, -0.2) is 0 Å². The molecule has 1 unspecified atom stereocenters. The highest BCUT2D eigenvalue weighted by Crippen LogP contribution is 2.46. The molecule has 28 heavy (non-hydrogen) atoms. The van der Waals surface area contributed by atoms with E-state index in [9.17, 15) is 0 Å². The molecule has 0 spiro atoms. The molecule has 0 saturated carbocycles. The van der Waals surface area contributed by atoms with Crippen LogP contribution in [0.25, 0.3) is 11.6 Å². The van der Waals surface area contributed by atoms with Crippen LogP contribution in [0.4, 0.5) is 11.4 Å². The third-order valence-corrected chi connectivity index (χ3v) is 5.21. The average molecular weight is 364 g/mol. The highest BCUT2D eigenvalue weighted by molar-refractivity contribution is 5.96. The standard InChI is InChI=1S/C24H20N4/c1-24(21-10-4-7-14-26-21)16-19(20-9-3-6-13-25-20)18-12-11-17-8-2-5-15-27-22(17)23(18)28-24/h2-4,6-16,28H,5H2,1H3. The minimum atomic E-state index is -0.470. The summed E-state index contributed by atoms with van der Waals surface area (Å²) in [5.41, 5.74) is 6.74. The zero-order chi connectivity index (χ0) is 19.0. The number of benzene rings is 1. The second-order valence-electron chi connectivity index (χ2n) is 7.19. The van der Waals surface area contributed by atoms with Gasteiger partial charge in [-0.15, -0.1) is 0 Å². The van der Waals surface area contributed by atoms with Gasteiger partial charge in [0.2, 0.25) is 0 Å². The summed E-state index contributed by atoms with van der Waals surface area (Å²) in [6, 6.07) is 16.3. The first-order valence-corrected chi connectivity index (χ1v) is 9.45. The van der Waals surface area contributed by atoms with Gasteiger partial charge in [0, 0.05) is 41.7 Å². The summed E-state index contributed by atoms with van der Waals surface area (Å²) >= 11 is 0. The van der Waals surface area contributed by atoms with Crippen molar-refractivity contribution in [3.63, 3.8) is 0 Å². The lowest BCUT2D eigenvalue weighted by molar-refractivity contribution is 0.658. The first-order chi connectivity index (χ1) is 13.7. The van der Waals surface area contributed by atoms with Crippen molar-refractivity contribution in [1.29, 1.82) is 0 Å². The summed E-state index contributed by atoms with van der Waals surface area (Å²) in [6.45, 7) is 2.15. The van der Waals surface area contributed by atoms with Gasteiger partial charge in [-0.2, -0.15) is 0 Å². The van der Waals surface area contributed by atoms with Crippen LogP contribution < -0.4 is 5.32 Å². The van der Waals surface area contributed by atoms with Crippen molar-refractivity contribution >= 4 is 29.2 Å². The van der Waals surface area contributed by atoms with Crippen molar-refractivity contribution in [3.8, 4) is 0 Å². The zero-order valence-electron chi connectivity index (χ0n) is 15.6. The van der Waals surface area contributed by atoms with Gasteiger partial charge in [0.05, 0.1) is 28.3 Å². The third kappa shape index (κ3) is 2.74. The molecule has 0 radical (unpaired) electrons. The minimum absolute atomic E-state index is 0.470. The Morgan fingerprint density at radius 2 is 1.82 bits per heavy atom. The Bertz CT molecular complexity index is 1110. The molecule has 2 aliphatic heterocycles. The van der Waals surface area contributed by atoms with E-state index in [1.807, 2.05) is 42.9 Å². The Labute approximate surface area is 164 Å². The van der Waals surface area contributed by atoms with Crippen molar-refractivity contribution in [2.24, 2.45) is 4.99 Å². The number of rotatable bonds is 2. The lowest BCUT2D eigenvalue weighted by atomic mass is 9.84. The highest BCUT2D eigenvalue weighted by Gasteiger charge is 2.34. The number of anilines is 1. The van der Waals surface area contributed by atoms with Gasteiger partial charge >= 0.3 is 0 Å². The van der Waals surface area contributed by atoms with E-state index in [1.165, 1.54) is 0 Å². The number of aromatic nitrogens is 2. The quantitative estimate of drug-likeness (QED) is 0.665. The van der Waals surface area contributed by atoms with Crippen LogP contribution in [0.2, 0.25) is 0 Å². The van der Waals surface area contributed by atoms with Gasteiger partial charge in [-0.3, -0.25) is 15.0 Å². The van der Waals surface area contributed by atoms with Gasteiger partial charge in [0.25, 0.3) is 0 Å². The third-order valence-electron chi connectivity index (χ3n) is 5.21. The first kappa shape index (κ1) is 16.6. The molecule has 1 aromatic carbocycles. The smallest absolute Gasteiger partial charge is 0.0963 e. The normalized spacial score (nSPS) is 19.8. The molecule has 0 bridgehead atoms. The molecule has 4 heteroatoms. The van der Waals surface area contributed by atoms with Gasteiger partial charge < -0.3 is 5.32 Å². The fourth-order valence-corrected chi connectivity index (χ4v) is 3.84. The zero-order valence-corrected chi connectivity index (χ0v) is 15.6. The summed E-state index contributed by atoms with van der Waals surface area (Å²) in [4.78, 5) is 14.0. The van der Waals surface area contributed by atoms with Crippen molar-refractivity contribution in [2.45, 2.75) is 18.9 Å². The lowest BCUT2D eigenvalue weighted by Crippen LogP contribution is -2.34. The average Bonchev–Trinajstić information content (AvgIpc) is 3.00. The molecule has 0 fully saturated rings. The van der Waals surface area contributed by atoms with Crippen molar-refractivity contribution in [1.82, 2.24) is 9.97 Å². The fraction of sp³-hybridized carbons (Fsp3) is 0.125. The molecule has 0 saturated heterocycles. The summed E-state index contributed by atoms with van der Waals surface area (Å²) in [6.07, 6.45) is 13.0. The van der Waals surface area contributed by atoms with Gasteiger partial charge in [0.1, 0.15) is 0 Å². The van der Waals surface area contributed by atoms with E-state index in [0.717, 1.165) is 45.9 Å². The van der Waals surface area contributed by atoms with Crippen LogP contribution in [0.5, 0.6) is 0 Å². The SMILES string of the molecule is CC1(c2ccccn2)C=C(c2ccccn2)c2ccc3c(c2N1)N=CCC=C3. The molecule has 136 valence electrons. The summed E-state index contributed by atoms with van der Waals surface area (Å²) in [7, 11) is 0. The lowest BCUT2D eigenvalue weighted by Gasteiger charge is -2.35. The molecule has 5 rings (SSSR count). The van der Waals surface area contributed by atoms with Crippen molar-refractivity contribution in [2.75, 3.05) is 5.32 Å². The van der Waals surface area contributed by atoms with E-state index < -0.39 is 5.54 Å². The maximum atomic E-state index is 4.77. The summed E-state index contributed by atoms with van der Waals surface area (Å²) in [5, 5.41) is 3.73. The molecule has 0 aliphatic carbocycles. The van der Waals surface area contributed by atoms with Gasteiger partial charge in [-0.05, 0) is 37.3 Å². The number of pyridine rings is 2. The number of hydrogen-bond acceptors (Lipinski definition) is 4. The molecule has 2 aromatic heterocycles. The minimum Gasteiger partial charge on any atom is -0.369 e. The van der Waals surface area contributed by atoms with Crippen LogP contribution in [0.15, 0.2) is 78.1 Å². The topological polar surface area (TPSA) is 50.2 Å². The predicted octanol–water partition coefficient (Wildman–Crippen LogP) is 5.37. The van der Waals surface area contributed by atoms with Crippen LogP contribution in [0.1, 0.15) is 35.9 Å². The van der Waals surface area contributed by atoms with Crippen molar-refractivity contribution < 1.29 is 0 Å². The molecule has 1 atom stereocenters. The molecule has 2 aliphatic rings. The monoisotopic (exact) mass is 364 g/mol. The maximum absolute atomic E-state index is 4.77. The molecular weight excluding hydrogens is 344 g/mol. The maximum Gasteiger partial charge on any atom is 0.0963 e. The number of allylic oxidation sites excluding steroid dienone is 1. The Hall–Kier alpha value is -3.53. The molecule has 4 heterocycles.